The van der Waals surface area contributed by atoms with Crippen LogP contribution in [0.4, 0.5) is 4.79 Å². The van der Waals surface area contributed by atoms with Gasteiger partial charge in [-0.05, 0) is 32.8 Å². The zero-order valence-electron chi connectivity index (χ0n) is 14.0. The van der Waals surface area contributed by atoms with Crippen molar-refractivity contribution in [3.8, 4) is 0 Å². The van der Waals surface area contributed by atoms with Gasteiger partial charge in [0.15, 0.2) is 0 Å². The summed E-state index contributed by atoms with van der Waals surface area (Å²) in [6.07, 6.45) is 3.14. The largest absolute Gasteiger partial charge is 0.444 e. The van der Waals surface area contributed by atoms with E-state index in [1.54, 1.807) is 0 Å². The molecular weight excluding hydrogens is 278 g/mol. The SMILES string of the molecule is CCCC[C@H](C=O)[C@H](NC(=O)OC(C)(C)C)c1ccccc1. The summed E-state index contributed by atoms with van der Waals surface area (Å²) in [6.45, 7) is 7.54. The van der Waals surface area contributed by atoms with Crippen LogP contribution < -0.4 is 5.32 Å². The number of benzene rings is 1. The number of carbonyl (C=O) groups is 2. The van der Waals surface area contributed by atoms with Crippen molar-refractivity contribution in [2.24, 2.45) is 5.92 Å². The summed E-state index contributed by atoms with van der Waals surface area (Å²) in [5.41, 5.74) is 0.354. The number of unbranched alkanes of at least 4 members (excludes halogenated alkanes) is 1. The molecule has 122 valence electrons. The van der Waals surface area contributed by atoms with E-state index < -0.39 is 11.7 Å². The quantitative estimate of drug-likeness (QED) is 0.766. The maximum atomic E-state index is 12.1. The maximum Gasteiger partial charge on any atom is 0.408 e. The van der Waals surface area contributed by atoms with Crippen LogP contribution in [-0.2, 0) is 9.53 Å². The number of carbonyl (C=O) groups excluding carboxylic acids is 2. The number of nitrogens with one attached hydrogen (secondary N) is 1. The van der Waals surface area contributed by atoms with Crippen LogP contribution in [0.25, 0.3) is 0 Å². The van der Waals surface area contributed by atoms with Crippen molar-refractivity contribution >= 4 is 12.4 Å². The molecule has 1 aromatic rings. The van der Waals surface area contributed by atoms with Gasteiger partial charge in [0, 0.05) is 5.92 Å². The summed E-state index contributed by atoms with van der Waals surface area (Å²) in [5, 5.41) is 2.86. The molecule has 0 aromatic heterocycles. The van der Waals surface area contributed by atoms with Crippen LogP contribution in [-0.4, -0.2) is 18.0 Å². The van der Waals surface area contributed by atoms with Crippen LogP contribution in [0.15, 0.2) is 30.3 Å². The first-order valence-electron chi connectivity index (χ1n) is 7.87. The van der Waals surface area contributed by atoms with Crippen molar-refractivity contribution < 1.29 is 14.3 Å². The van der Waals surface area contributed by atoms with E-state index in [0.717, 1.165) is 31.1 Å². The lowest BCUT2D eigenvalue weighted by molar-refractivity contribution is -0.112. The Morgan fingerprint density at radius 3 is 2.41 bits per heavy atom. The minimum Gasteiger partial charge on any atom is -0.444 e. The zero-order valence-corrected chi connectivity index (χ0v) is 14.0. The van der Waals surface area contributed by atoms with Gasteiger partial charge in [-0.1, -0.05) is 50.1 Å². The Labute approximate surface area is 133 Å². The molecule has 1 rings (SSSR count). The molecule has 0 unspecified atom stereocenters. The molecule has 0 saturated heterocycles. The molecule has 0 fully saturated rings. The first-order chi connectivity index (χ1) is 10.4. The molecule has 0 bridgehead atoms. The molecule has 2 atom stereocenters. The summed E-state index contributed by atoms with van der Waals surface area (Å²) in [7, 11) is 0. The second-order valence-corrected chi connectivity index (χ2v) is 6.48. The van der Waals surface area contributed by atoms with E-state index in [9.17, 15) is 9.59 Å². The average Bonchev–Trinajstić information content (AvgIpc) is 2.45. The molecule has 4 heteroatoms. The van der Waals surface area contributed by atoms with E-state index in [0.29, 0.717) is 0 Å². The van der Waals surface area contributed by atoms with Gasteiger partial charge in [-0.15, -0.1) is 0 Å². The lowest BCUT2D eigenvalue weighted by Gasteiger charge is -2.27. The second-order valence-electron chi connectivity index (χ2n) is 6.48. The zero-order chi connectivity index (χ0) is 16.6. The number of alkyl carbamates (subject to hydrolysis) is 1. The Kier molecular flexibility index (Phi) is 7.09. The van der Waals surface area contributed by atoms with Crippen molar-refractivity contribution in [1.29, 1.82) is 0 Å². The highest BCUT2D eigenvalue weighted by Gasteiger charge is 2.26. The molecule has 0 aliphatic carbocycles. The normalized spacial score (nSPS) is 14.0. The van der Waals surface area contributed by atoms with Crippen LogP contribution in [0.5, 0.6) is 0 Å². The topological polar surface area (TPSA) is 55.4 Å². The minimum absolute atomic E-state index is 0.255. The van der Waals surface area contributed by atoms with Crippen LogP contribution in [0.1, 0.15) is 58.6 Å². The predicted molar refractivity (Wildman–Crippen MR) is 87.6 cm³/mol. The summed E-state index contributed by atoms with van der Waals surface area (Å²) in [4.78, 5) is 23.6. The molecule has 1 amide bonds. The number of ether oxygens (including phenoxy) is 1. The van der Waals surface area contributed by atoms with E-state index in [-0.39, 0.29) is 12.0 Å². The highest BCUT2D eigenvalue weighted by atomic mass is 16.6. The number of rotatable bonds is 7. The lowest BCUT2D eigenvalue weighted by Crippen LogP contribution is -2.38. The van der Waals surface area contributed by atoms with Crippen LogP contribution in [0.3, 0.4) is 0 Å². The molecule has 0 heterocycles. The van der Waals surface area contributed by atoms with Crippen LogP contribution >= 0.6 is 0 Å². The molecule has 4 nitrogen and oxygen atoms in total. The highest BCUT2D eigenvalue weighted by molar-refractivity contribution is 5.69. The Balaban J connectivity index is 2.91. The molecule has 1 aromatic carbocycles. The minimum atomic E-state index is -0.564. The standard InChI is InChI=1S/C18H27NO3/c1-5-6-10-15(13-20)16(14-11-8-7-9-12-14)19-17(21)22-18(2,3)4/h7-9,11-13,15-16H,5-6,10H2,1-4H3,(H,19,21)/t15-,16-/m1/s1. The van der Waals surface area contributed by atoms with Crippen molar-refractivity contribution in [1.82, 2.24) is 5.32 Å². The van der Waals surface area contributed by atoms with Gasteiger partial charge >= 0.3 is 6.09 Å². The number of amides is 1. The third-order valence-electron chi connectivity index (χ3n) is 3.32. The molecule has 0 spiro atoms. The number of aldehydes is 1. The van der Waals surface area contributed by atoms with Gasteiger partial charge in [0.25, 0.3) is 0 Å². The monoisotopic (exact) mass is 305 g/mol. The molecule has 0 saturated carbocycles. The Morgan fingerprint density at radius 1 is 1.27 bits per heavy atom. The fourth-order valence-corrected chi connectivity index (χ4v) is 2.29. The van der Waals surface area contributed by atoms with Gasteiger partial charge in [-0.25, -0.2) is 4.79 Å². The van der Waals surface area contributed by atoms with Crippen molar-refractivity contribution in [3.63, 3.8) is 0 Å². The van der Waals surface area contributed by atoms with Gasteiger partial charge in [0.05, 0.1) is 6.04 Å². The number of hydrogen-bond acceptors (Lipinski definition) is 3. The Bertz CT molecular complexity index is 465. The number of hydrogen-bond donors (Lipinski definition) is 1. The second kappa shape index (κ2) is 8.57. The summed E-state index contributed by atoms with van der Waals surface area (Å²) < 4.78 is 5.32. The molecule has 0 aliphatic rings. The smallest absolute Gasteiger partial charge is 0.408 e. The first-order valence-corrected chi connectivity index (χ1v) is 7.87. The summed E-state index contributed by atoms with van der Waals surface area (Å²) in [6, 6.07) is 9.20. The van der Waals surface area contributed by atoms with Crippen molar-refractivity contribution in [3.05, 3.63) is 35.9 Å². The van der Waals surface area contributed by atoms with E-state index in [2.05, 4.69) is 12.2 Å². The summed E-state index contributed by atoms with van der Waals surface area (Å²) in [5.74, 6) is -0.255. The molecular formula is C18H27NO3. The Hall–Kier alpha value is -1.84. The van der Waals surface area contributed by atoms with Gasteiger partial charge in [0.2, 0.25) is 0 Å². The average molecular weight is 305 g/mol. The molecule has 0 aliphatic heterocycles. The fraction of sp³-hybridized carbons (Fsp3) is 0.556. The van der Waals surface area contributed by atoms with Gasteiger partial charge < -0.3 is 14.8 Å². The van der Waals surface area contributed by atoms with Crippen molar-refractivity contribution in [2.45, 2.75) is 58.6 Å². The summed E-state index contributed by atoms with van der Waals surface area (Å²) >= 11 is 0. The van der Waals surface area contributed by atoms with Gasteiger partial charge in [-0.3, -0.25) is 0 Å². The molecule has 0 radical (unpaired) electrons. The van der Waals surface area contributed by atoms with Gasteiger partial charge in [0.1, 0.15) is 11.9 Å². The van der Waals surface area contributed by atoms with E-state index in [4.69, 9.17) is 4.74 Å². The fourth-order valence-electron chi connectivity index (χ4n) is 2.29. The maximum absolute atomic E-state index is 12.1. The Morgan fingerprint density at radius 2 is 1.91 bits per heavy atom. The third-order valence-corrected chi connectivity index (χ3v) is 3.32. The molecule has 1 N–H and O–H groups in total. The third kappa shape index (κ3) is 6.29. The predicted octanol–water partition coefficient (Wildman–Crippen LogP) is 4.26. The van der Waals surface area contributed by atoms with E-state index in [1.807, 2.05) is 51.1 Å². The first kappa shape index (κ1) is 18.2. The van der Waals surface area contributed by atoms with E-state index in [1.165, 1.54) is 0 Å². The van der Waals surface area contributed by atoms with Gasteiger partial charge in [-0.2, -0.15) is 0 Å². The van der Waals surface area contributed by atoms with Crippen molar-refractivity contribution in [2.75, 3.05) is 0 Å². The van der Waals surface area contributed by atoms with E-state index >= 15 is 0 Å². The van der Waals surface area contributed by atoms with Crippen LogP contribution in [0.2, 0.25) is 0 Å². The lowest BCUT2D eigenvalue weighted by atomic mass is 9.90. The highest BCUT2D eigenvalue weighted by Crippen LogP contribution is 2.25. The molecule has 22 heavy (non-hydrogen) atoms. The van der Waals surface area contributed by atoms with Crippen LogP contribution in [0, 0.1) is 5.92 Å².